The molecule has 35 heavy (non-hydrogen) atoms. The predicted molar refractivity (Wildman–Crippen MR) is 140 cm³/mol. The predicted octanol–water partition coefficient (Wildman–Crippen LogP) is 6.29. The minimum atomic E-state index is -0.451. The molecule has 4 rings (SSSR count). The summed E-state index contributed by atoms with van der Waals surface area (Å²) in [7, 11) is 0. The number of ether oxygens (including phenoxy) is 1. The van der Waals surface area contributed by atoms with E-state index in [1.165, 1.54) is 11.8 Å². The molecule has 4 aromatic rings. The molecule has 0 fully saturated rings. The van der Waals surface area contributed by atoms with Crippen LogP contribution in [0.2, 0.25) is 0 Å². The number of carbonyl (C=O) groups excluding carboxylic acids is 2. The van der Waals surface area contributed by atoms with Crippen LogP contribution in [-0.2, 0) is 9.53 Å². The number of thioether (sulfide) groups is 1. The lowest BCUT2D eigenvalue weighted by Gasteiger charge is -2.11. The number of benzene rings is 3. The number of esters is 1. The van der Waals surface area contributed by atoms with Crippen LogP contribution in [0.1, 0.15) is 24.2 Å². The second-order valence-corrected chi connectivity index (χ2v) is 9.34. The van der Waals surface area contributed by atoms with Crippen LogP contribution in [0.4, 0.5) is 5.69 Å². The van der Waals surface area contributed by atoms with E-state index in [0.717, 1.165) is 22.5 Å². The molecular weight excluding hydrogens is 458 g/mol. The molecule has 3 aromatic carbocycles. The molecule has 1 aromatic heterocycles. The van der Waals surface area contributed by atoms with Gasteiger partial charge in [0.05, 0.1) is 35.0 Å². The molecule has 1 amide bonds. The van der Waals surface area contributed by atoms with Gasteiger partial charge in [-0.2, -0.15) is 0 Å². The largest absolute Gasteiger partial charge is 0.462 e. The summed E-state index contributed by atoms with van der Waals surface area (Å²) in [4.78, 5) is 33.3. The van der Waals surface area contributed by atoms with Gasteiger partial charge in [0.1, 0.15) is 0 Å². The van der Waals surface area contributed by atoms with Crippen molar-refractivity contribution in [1.29, 1.82) is 0 Å². The number of imidazole rings is 1. The molecule has 0 spiro atoms. The zero-order valence-corrected chi connectivity index (χ0v) is 20.5. The zero-order chi connectivity index (χ0) is 24.6. The lowest BCUT2D eigenvalue weighted by atomic mass is 10.1. The van der Waals surface area contributed by atoms with E-state index >= 15 is 0 Å². The summed E-state index contributed by atoms with van der Waals surface area (Å²) in [5.41, 5.74) is 4.51. The third-order valence-electron chi connectivity index (χ3n) is 5.10. The summed E-state index contributed by atoms with van der Waals surface area (Å²) in [6.45, 7) is 4.27. The first-order valence-corrected chi connectivity index (χ1v) is 12.4. The molecule has 0 atom stereocenters. The third-order valence-corrected chi connectivity index (χ3v) is 5.97. The van der Waals surface area contributed by atoms with Gasteiger partial charge in [-0.25, -0.2) is 9.78 Å². The Labute approximate surface area is 209 Å². The van der Waals surface area contributed by atoms with Crippen LogP contribution in [0.5, 0.6) is 0 Å². The van der Waals surface area contributed by atoms with Crippen LogP contribution in [0, 0.1) is 5.92 Å². The number of para-hydroxylation sites is 1. The van der Waals surface area contributed by atoms with Crippen molar-refractivity contribution >= 4 is 29.3 Å². The molecule has 0 aliphatic heterocycles. The van der Waals surface area contributed by atoms with Crippen molar-refractivity contribution in [1.82, 2.24) is 9.97 Å². The SMILES string of the molecule is CC(C)COC(=O)c1ccccc1NC(=O)CSc1nc(-c2ccccc2)c(-c2ccccc2)[nH]1. The Morgan fingerprint density at radius 2 is 1.54 bits per heavy atom. The Morgan fingerprint density at radius 3 is 2.23 bits per heavy atom. The van der Waals surface area contributed by atoms with Gasteiger partial charge < -0.3 is 15.0 Å². The Morgan fingerprint density at radius 1 is 0.914 bits per heavy atom. The van der Waals surface area contributed by atoms with Crippen molar-refractivity contribution in [2.24, 2.45) is 5.92 Å². The Kier molecular flexibility index (Phi) is 8.00. The molecule has 0 saturated carbocycles. The fourth-order valence-electron chi connectivity index (χ4n) is 3.45. The standard InChI is InChI=1S/C28H27N3O3S/c1-19(2)17-34-27(33)22-15-9-10-16-23(22)29-24(32)18-35-28-30-25(20-11-5-3-6-12-20)26(31-28)21-13-7-4-8-14-21/h3-16,19H,17-18H2,1-2H3,(H,29,32)(H,30,31). The number of hydrogen-bond acceptors (Lipinski definition) is 5. The highest BCUT2D eigenvalue weighted by Gasteiger charge is 2.17. The van der Waals surface area contributed by atoms with Crippen molar-refractivity contribution in [3.05, 3.63) is 90.5 Å². The average molecular weight is 486 g/mol. The van der Waals surface area contributed by atoms with E-state index in [0.29, 0.717) is 23.0 Å². The van der Waals surface area contributed by atoms with Crippen LogP contribution in [0.3, 0.4) is 0 Å². The molecule has 0 aliphatic rings. The molecule has 0 radical (unpaired) electrons. The van der Waals surface area contributed by atoms with Crippen molar-refractivity contribution in [3.63, 3.8) is 0 Å². The molecule has 6 nitrogen and oxygen atoms in total. The number of anilines is 1. The Bertz CT molecular complexity index is 1230. The van der Waals surface area contributed by atoms with Crippen molar-refractivity contribution in [2.75, 3.05) is 17.7 Å². The fourth-order valence-corrected chi connectivity index (χ4v) is 4.12. The summed E-state index contributed by atoms with van der Waals surface area (Å²) >= 11 is 1.31. The quantitative estimate of drug-likeness (QED) is 0.215. The van der Waals surface area contributed by atoms with Crippen LogP contribution < -0.4 is 5.32 Å². The number of aromatic nitrogens is 2. The number of nitrogens with zero attached hydrogens (tertiary/aromatic N) is 1. The van der Waals surface area contributed by atoms with E-state index in [9.17, 15) is 9.59 Å². The smallest absolute Gasteiger partial charge is 0.340 e. The summed E-state index contributed by atoms with van der Waals surface area (Å²) in [5, 5.41) is 3.47. The molecule has 0 aliphatic carbocycles. The van der Waals surface area contributed by atoms with Crippen LogP contribution in [0.15, 0.2) is 90.1 Å². The normalized spacial score (nSPS) is 10.8. The molecule has 178 valence electrons. The maximum Gasteiger partial charge on any atom is 0.340 e. The van der Waals surface area contributed by atoms with Gasteiger partial charge in [-0.05, 0) is 18.1 Å². The van der Waals surface area contributed by atoms with Crippen LogP contribution in [-0.4, -0.2) is 34.2 Å². The van der Waals surface area contributed by atoms with Crippen molar-refractivity contribution < 1.29 is 14.3 Å². The maximum absolute atomic E-state index is 12.7. The number of amides is 1. The molecule has 7 heteroatoms. The summed E-state index contributed by atoms with van der Waals surface area (Å²) in [5.74, 6) is -0.330. The Hall–Kier alpha value is -3.84. The van der Waals surface area contributed by atoms with E-state index in [1.807, 2.05) is 74.5 Å². The third kappa shape index (κ3) is 6.39. The Balaban J connectivity index is 1.48. The van der Waals surface area contributed by atoms with Gasteiger partial charge in [-0.1, -0.05) is 98.4 Å². The monoisotopic (exact) mass is 485 g/mol. The number of carbonyl (C=O) groups is 2. The van der Waals surface area contributed by atoms with Crippen LogP contribution >= 0.6 is 11.8 Å². The van der Waals surface area contributed by atoms with E-state index in [1.54, 1.807) is 24.3 Å². The van der Waals surface area contributed by atoms with E-state index in [-0.39, 0.29) is 17.6 Å². The first-order valence-electron chi connectivity index (χ1n) is 11.4. The molecular formula is C28H27N3O3S. The number of rotatable bonds is 9. The topological polar surface area (TPSA) is 84.1 Å². The van der Waals surface area contributed by atoms with Gasteiger partial charge in [0.15, 0.2) is 5.16 Å². The summed E-state index contributed by atoms with van der Waals surface area (Å²) in [6.07, 6.45) is 0. The molecule has 2 N–H and O–H groups in total. The summed E-state index contributed by atoms with van der Waals surface area (Å²) < 4.78 is 5.33. The van der Waals surface area contributed by atoms with Gasteiger partial charge in [-0.3, -0.25) is 4.79 Å². The number of hydrogen-bond donors (Lipinski definition) is 2. The van der Waals surface area contributed by atoms with Gasteiger partial charge in [0, 0.05) is 11.1 Å². The van der Waals surface area contributed by atoms with E-state index < -0.39 is 5.97 Å². The number of nitrogens with one attached hydrogen (secondary N) is 2. The van der Waals surface area contributed by atoms with Crippen molar-refractivity contribution in [3.8, 4) is 22.5 Å². The highest BCUT2D eigenvalue weighted by atomic mass is 32.2. The lowest BCUT2D eigenvalue weighted by molar-refractivity contribution is -0.113. The highest BCUT2D eigenvalue weighted by molar-refractivity contribution is 7.99. The highest BCUT2D eigenvalue weighted by Crippen LogP contribution is 2.32. The average Bonchev–Trinajstić information content (AvgIpc) is 3.32. The van der Waals surface area contributed by atoms with Gasteiger partial charge in [0.25, 0.3) is 0 Å². The van der Waals surface area contributed by atoms with Gasteiger partial charge >= 0.3 is 5.97 Å². The van der Waals surface area contributed by atoms with E-state index in [4.69, 9.17) is 9.72 Å². The minimum absolute atomic E-state index is 0.130. The molecule has 1 heterocycles. The minimum Gasteiger partial charge on any atom is -0.462 e. The first-order chi connectivity index (χ1) is 17.0. The van der Waals surface area contributed by atoms with E-state index in [2.05, 4.69) is 10.3 Å². The number of H-pyrrole nitrogens is 1. The van der Waals surface area contributed by atoms with Crippen molar-refractivity contribution in [2.45, 2.75) is 19.0 Å². The second-order valence-electron chi connectivity index (χ2n) is 8.37. The van der Waals surface area contributed by atoms with Gasteiger partial charge in [-0.15, -0.1) is 0 Å². The molecule has 0 unspecified atom stereocenters. The number of aromatic amines is 1. The second kappa shape index (κ2) is 11.5. The fraction of sp³-hybridized carbons (Fsp3) is 0.179. The molecule has 0 saturated heterocycles. The first kappa shape index (κ1) is 24.3. The zero-order valence-electron chi connectivity index (χ0n) is 19.7. The van der Waals surface area contributed by atoms with Gasteiger partial charge in [0.2, 0.25) is 5.91 Å². The lowest BCUT2D eigenvalue weighted by Crippen LogP contribution is -2.18. The summed E-state index contributed by atoms with van der Waals surface area (Å²) in [6, 6.07) is 26.8. The maximum atomic E-state index is 12.7. The van der Waals surface area contributed by atoms with Crippen LogP contribution in [0.25, 0.3) is 22.5 Å². The molecule has 0 bridgehead atoms.